The van der Waals surface area contributed by atoms with Crippen LogP contribution in [0.15, 0.2) is 54.6 Å². The number of ketones is 2. The van der Waals surface area contributed by atoms with E-state index in [9.17, 15) is 14.4 Å². The Hall–Kier alpha value is -2.99. The molecule has 1 amide bonds. The van der Waals surface area contributed by atoms with Gasteiger partial charge in [0.25, 0.3) is 5.91 Å². The number of benzene rings is 2. The summed E-state index contributed by atoms with van der Waals surface area (Å²) >= 11 is 0. The molecule has 2 atom stereocenters. The van der Waals surface area contributed by atoms with E-state index < -0.39 is 23.7 Å². The van der Waals surface area contributed by atoms with E-state index >= 15 is 0 Å². The van der Waals surface area contributed by atoms with E-state index in [4.69, 9.17) is 4.74 Å². The molecule has 0 N–H and O–H groups in total. The van der Waals surface area contributed by atoms with Crippen LogP contribution in [-0.4, -0.2) is 61.6 Å². The second kappa shape index (κ2) is 9.01. The van der Waals surface area contributed by atoms with Crippen LogP contribution in [0.4, 0.5) is 0 Å². The van der Waals surface area contributed by atoms with Crippen LogP contribution in [0.1, 0.15) is 28.4 Å². The third-order valence-electron chi connectivity index (χ3n) is 5.21. The summed E-state index contributed by atoms with van der Waals surface area (Å²) in [5, 5.41) is 0. The lowest BCUT2D eigenvalue weighted by Gasteiger charge is -2.27. The zero-order chi connectivity index (χ0) is 21.0. The Morgan fingerprint density at radius 2 is 1.69 bits per heavy atom. The zero-order valence-corrected chi connectivity index (χ0v) is 17.0. The van der Waals surface area contributed by atoms with Gasteiger partial charge in [0.15, 0.2) is 5.78 Å². The van der Waals surface area contributed by atoms with E-state index in [2.05, 4.69) is 0 Å². The van der Waals surface area contributed by atoms with Crippen molar-refractivity contribution in [1.29, 1.82) is 0 Å². The summed E-state index contributed by atoms with van der Waals surface area (Å²) in [6.45, 7) is 1.21. The molecule has 1 fully saturated rings. The van der Waals surface area contributed by atoms with E-state index in [1.807, 2.05) is 49.3 Å². The van der Waals surface area contributed by atoms with Gasteiger partial charge in [-0.25, -0.2) is 0 Å². The maximum atomic E-state index is 13.3. The zero-order valence-electron chi connectivity index (χ0n) is 17.0. The van der Waals surface area contributed by atoms with Gasteiger partial charge in [0.1, 0.15) is 11.7 Å². The summed E-state index contributed by atoms with van der Waals surface area (Å²) in [5.41, 5.74) is 1.19. The Bertz CT molecular complexity index is 878. The molecule has 2 aromatic carbocycles. The molecule has 2 aromatic rings. The molecule has 0 aliphatic carbocycles. The molecule has 1 aliphatic rings. The lowest BCUT2D eigenvalue weighted by atomic mass is 9.86. The molecule has 3 rings (SSSR count). The Morgan fingerprint density at radius 3 is 2.28 bits per heavy atom. The molecular formula is C23H26N2O4. The molecular weight excluding hydrogens is 368 g/mol. The smallest absolute Gasteiger partial charge is 0.291 e. The third kappa shape index (κ3) is 4.38. The van der Waals surface area contributed by atoms with Crippen molar-refractivity contribution < 1.29 is 19.1 Å². The van der Waals surface area contributed by atoms with Crippen molar-refractivity contribution >= 4 is 17.5 Å². The monoisotopic (exact) mass is 394 g/mol. The van der Waals surface area contributed by atoms with Crippen LogP contribution in [0.5, 0.6) is 5.75 Å². The molecule has 0 saturated carbocycles. The predicted molar refractivity (Wildman–Crippen MR) is 110 cm³/mol. The Morgan fingerprint density at radius 1 is 1.03 bits per heavy atom. The van der Waals surface area contributed by atoms with Gasteiger partial charge >= 0.3 is 0 Å². The maximum absolute atomic E-state index is 13.3. The average Bonchev–Trinajstić information content (AvgIpc) is 2.98. The first-order valence-corrected chi connectivity index (χ1v) is 9.66. The van der Waals surface area contributed by atoms with Crippen LogP contribution in [0.3, 0.4) is 0 Å². The first kappa shape index (κ1) is 20.7. The molecule has 152 valence electrons. The fourth-order valence-electron chi connectivity index (χ4n) is 3.74. The number of nitrogens with zero attached hydrogens (tertiary/aromatic N) is 2. The molecule has 1 saturated heterocycles. The van der Waals surface area contributed by atoms with E-state index in [0.29, 0.717) is 17.9 Å². The molecule has 0 bridgehead atoms. The van der Waals surface area contributed by atoms with Crippen molar-refractivity contribution in [3.05, 3.63) is 65.7 Å². The quantitative estimate of drug-likeness (QED) is 0.391. The van der Waals surface area contributed by atoms with Gasteiger partial charge in [-0.3, -0.25) is 14.4 Å². The van der Waals surface area contributed by atoms with Gasteiger partial charge in [0.2, 0.25) is 5.78 Å². The minimum Gasteiger partial charge on any atom is -0.497 e. The summed E-state index contributed by atoms with van der Waals surface area (Å²) in [6, 6.07) is 15.4. The number of ether oxygens (including phenoxy) is 1. The number of likely N-dealkylation sites (tertiary alicyclic amines) is 1. The first-order valence-electron chi connectivity index (χ1n) is 9.66. The highest BCUT2D eigenvalue weighted by Gasteiger charge is 2.51. The molecule has 29 heavy (non-hydrogen) atoms. The average molecular weight is 394 g/mol. The van der Waals surface area contributed by atoms with Gasteiger partial charge in [-0.2, -0.15) is 0 Å². The second-order valence-electron chi connectivity index (χ2n) is 7.45. The summed E-state index contributed by atoms with van der Waals surface area (Å²) < 4.78 is 5.14. The first-order chi connectivity index (χ1) is 13.9. The SMILES string of the molecule is COc1ccc(C(=O)C2C(=O)C(=O)N(CCCN(C)C)C2c2ccccc2)cc1. The van der Waals surface area contributed by atoms with Gasteiger partial charge in [-0.1, -0.05) is 30.3 Å². The van der Waals surface area contributed by atoms with Gasteiger partial charge in [-0.05, 0) is 56.9 Å². The highest BCUT2D eigenvalue weighted by Crippen LogP contribution is 2.38. The van der Waals surface area contributed by atoms with E-state index in [-0.39, 0.29) is 5.78 Å². The van der Waals surface area contributed by atoms with Crippen molar-refractivity contribution in [2.24, 2.45) is 5.92 Å². The minimum absolute atomic E-state index is 0.338. The van der Waals surface area contributed by atoms with Gasteiger partial charge in [0.05, 0.1) is 13.2 Å². The van der Waals surface area contributed by atoms with Crippen molar-refractivity contribution in [2.45, 2.75) is 12.5 Å². The number of methoxy groups -OCH3 is 1. The molecule has 6 heteroatoms. The second-order valence-corrected chi connectivity index (χ2v) is 7.45. The highest BCUT2D eigenvalue weighted by molar-refractivity contribution is 6.44. The number of carbonyl (C=O) groups is 3. The van der Waals surface area contributed by atoms with Crippen LogP contribution in [0, 0.1) is 5.92 Å². The number of hydrogen-bond acceptors (Lipinski definition) is 5. The largest absolute Gasteiger partial charge is 0.497 e. The molecule has 0 aromatic heterocycles. The van der Waals surface area contributed by atoms with Crippen molar-refractivity contribution in [2.75, 3.05) is 34.3 Å². The van der Waals surface area contributed by atoms with Gasteiger partial charge in [-0.15, -0.1) is 0 Å². The van der Waals surface area contributed by atoms with Crippen molar-refractivity contribution in [3.63, 3.8) is 0 Å². The molecule has 1 heterocycles. The molecule has 1 aliphatic heterocycles. The van der Waals surface area contributed by atoms with Crippen molar-refractivity contribution in [3.8, 4) is 5.75 Å². The van der Waals surface area contributed by atoms with Crippen LogP contribution in [0.2, 0.25) is 0 Å². The summed E-state index contributed by atoms with van der Waals surface area (Å²) in [4.78, 5) is 42.5. The van der Waals surface area contributed by atoms with Crippen molar-refractivity contribution in [1.82, 2.24) is 9.80 Å². The Kier molecular flexibility index (Phi) is 6.44. The molecule has 2 unspecified atom stereocenters. The third-order valence-corrected chi connectivity index (χ3v) is 5.21. The molecule has 0 spiro atoms. The van der Waals surface area contributed by atoms with Crippen LogP contribution in [-0.2, 0) is 9.59 Å². The van der Waals surface area contributed by atoms with Gasteiger partial charge < -0.3 is 14.5 Å². The van der Waals surface area contributed by atoms with Gasteiger partial charge in [0, 0.05) is 12.1 Å². The number of Topliss-reactive ketones (excluding diaryl/α,β-unsaturated/α-hetero) is 2. The highest BCUT2D eigenvalue weighted by atomic mass is 16.5. The normalized spacial score (nSPS) is 19.1. The standard InChI is InChI=1S/C23H26N2O4/c1-24(2)14-7-15-25-20(16-8-5-4-6-9-16)19(22(27)23(25)28)21(26)17-10-12-18(29-3)13-11-17/h4-6,8-13,19-20H,7,14-15H2,1-3H3. The fraction of sp³-hybridized carbons (Fsp3) is 0.348. The van der Waals surface area contributed by atoms with E-state index in [1.54, 1.807) is 36.3 Å². The van der Waals surface area contributed by atoms with Crippen LogP contribution >= 0.6 is 0 Å². The lowest BCUT2D eigenvalue weighted by Crippen LogP contribution is -2.33. The van der Waals surface area contributed by atoms with Crippen LogP contribution in [0.25, 0.3) is 0 Å². The summed E-state index contributed by atoms with van der Waals surface area (Å²) in [5.74, 6) is -1.97. The van der Waals surface area contributed by atoms with E-state index in [0.717, 1.165) is 18.5 Å². The van der Waals surface area contributed by atoms with Crippen LogP contribution < -0.4 is 4.74 Å². The number of amides is 1. The number of rotatable bonds is 8. The molecule has 6 nitrogen and oxygen atoms in total. The topological polar surface area (TPSA) is 66.9 Å². The number of hydrogen-bond donors (Lipinski definition) is 0. The molecule has 0 radical (unpaired) electrons. The Balaban J connectivity index is 1.95. The summed E-state index contributed by atoms with van der Waals surface area (Å²) in [6.07, 6.45) is 0.721. The number of carbonyl (C=O) groups excluding carboxylic acids is 3. The lowest BCUT2D eigenvalue weighted by molar-refractivity contribution is -0.140. The fourth-order valence-corrected chi connectivity index (χ4v) is 3.74. The van der Waals surface area contributed by atoms with E-state index in [1.165, 1.54) is 0 Å². The minimum atomic E-state index is -1.04. The summed E-state index contributed by atoms with van der Waals surface area (Å²) in [7, 11) is 5.47. The maximum Gasteiger partial charge on any atom is 0.291 e. The predicted octanol–water partition coefficient (Wildman–Crippen LogP) is 2.60. The Labute approximate surface area is 171 Å².